The van der Waals surface area contributed by atoms with Gasteiger partial charge in [-0.1, -0.05) is 36.4 Å². The third kappa shape index (κ3) is 4.90. The van der Waals surface area contributed by atoms with Crippen LogP contribution < -0.4 is 10.2 Å². The number of amides is 1. The Morgan fingerprint density at radius 3 is 2.60 bits per heavy atom. The third-order valence-corrected chi connectivity index (χ3v) is 4.77. The van der Waals surface area contributed by atoms with Gasteiger partial charge in [0.05, 0.1) is 18.3 Å². The molecule has 3 aromatic rings. The summed E-state index contributed by atoms with van der Waals surface area (Å²) in [6.07, 6.45) is 2.20. The molecule has 0 aliphatic rings. The van der Waals surface area contributed by atoms with E-state index in [1.54, 1.807) is 11.3 Å². The molecule has 0 saturated heterocycles. The van der Waals surface area contributed by atoms with E-state index in [9.17, 15) is 4.79 Å². The zero-order chi connectivity index (χ0) is 17.5. The highest BCUT2D eigenvalue weighted by Gasteiger charge is 2.08. The predicted molar refractivity (Wildman–Crippen MR) is 104 cm³/mol. The normalized spacial score (nSPS) is 10.4. The fourth-order valence-corrected chi connectivity index (χ4v) is 3.30. The minimum atomic E-state index is -0.0423. The number of nitrogens with one attached hydrogen (secondary N) is 1. The second-order valence-corrected chi connectivity index (χ2v) is 6.74. The quantitative estimate of drug-likeness (QED) is 0.688. The van der Waals surface area contributed by atoms with Crippen molar-refractivity contribution in [1.29, 1.82) is 0 Å². The molecule has 4 nitrogen and oxygen atoms in total. The van der Waals surface area contributed by atoms with E-state index in [-0.39, 0.29) is 5.91 Å². The number of rotatable bonds is 7. The summed E-state index contributed by atoms with van der Waals surface area (Å²) in [6, 6.07) is 18.1. The summed E-state index contributed by atoms with van der Waals surface area (Å²) in [4.78, 5) is 19.7. The van der Waals surface area contributed by atoms with Crippen molar-refractivity contribution >= 4 is 28.7 Å². The highest BCUT2D eigenvalue weighted by molar-refractivity contribution is 7.10. The summed E-state index contributed by atoms with van der Waals surface area (Å²) < 4.78 is 0. The van der Waals surface area contributed by atoms with E-state index in [0.717, 1.165) is 23.7 Å². The lowest BCUT2D eigenvalue weighted by Crippen LogP contribution is -2.22. The lowest BCUT2D eigenvalue weighted by atomic mass is 10.2. The predicted octanol–water partition coefficient (Wildman–Crippen LogP) is 4.35. The van der Waals surface area contributed by atoms with Crippen LogP contribution in [0, 0.1) is 0 Å². The maximum atomic E-state index is 12.0. The number of thiophene rings is 1. The summed E-state index contributed by atoms with van der Waals surface area (Å²) in [5.74, 6) is 0.542. The van der Waals surface area contributed by atoms with Crippen LogP contribution in [-0.2, 0) is 17.8 Å². The van der Waals surface area contributed by atoms with Crippen LogP contribution >= 0.6 is 11.3 Å². The first-order valence-electron chi connectivity index (χ1n) is 8.31. The van der Waals surface area contributed by atoms with Crippen LogP contribution in [0.5, 0.6) is 0 Å². The van der Waals surface area contributed by atoms with E-state index < -0.39 is 0 Å². The highest BCUT2D eigenvalue weighted by Crippen LogP contribution is 2.18. The Labute approximate surface area is 152 Å². The monoisotopic (exact) mass is 351 g/mol. The van der Waals surface area contributed by atoms with E-state index in [4.69, 9.17) is 0 Å². The van der Waals surface area contributed by atoms with Gasteiger partial charge in [-0.3, -0.25) is 4.79 Å². The van der Waals surface area contributed by atoms with Crippen molar-refractivity contribution in [2.45, 2.75) is 19.9 Å². The Balaban J connectivity index is 1.61. The molecule has 0 saturated carbocycles. The fraction of sp³-hybridized carbons (Fsp3) is 0.200. The van der Waals surface area contributed by atoms with Crippen LogP contribution in [0.4, 0.5) is 11.5 Å². The molecule has 0 radical (unpaired) electrons. The average molecular weight is 351 g/mol. The molecule has 0 aliphatic heterocycles. The number of nitrogens with zero attached hydrogens (tertiary/aromatic N) is 2. The van der Waals surface area contributed by atoms with E-state index in [1.165, 1.54) is 5.56 Å². The van der Waals surface area contributed by atoms with Crippen LogP contribution in [0.2, 0.25) is 0 Å². The van der Waals surface area contributed by atoms with Gasteiger partial charge in [0.2, 0.25) is 5.91 Å². The van der Waals surface area contributed by atoms with Gasteiger partial charge in [0.15, 0.2) is 0 Å². The number of carbonyl (C=O) groups is 1. The van der Waals surface area contributed by atoms with Crippen molar-refractivity contribution in [2.24, 2.45) is 0 Å². The van der Waals surface area contributed by atoms with E-state index in [0.29, 0.717) is 12.2 Å². The molecule has 0 aliphatic carbocycles. The summed E-state index contributed by atoms with van der Waals surface area (Å²) >= 11 is 1.58. The zero-order valence-electron chi connectivity index (χ0n) is 14.2. The van der Waals surface area contributed by atoms with Crippen molar-refractivity contribution in [3.05, 3.63) is 76.6 Å². The fourth-order valence-electron chi connectivity index (χ4n) is 2.59. The van der Waals surface area contributed by atoms with Crippen molar-refractivity contribution < 1.29 is 4.79 Å². The van der Waals surface area contributed by atoms with Gasteiger partial charge in [-0.15, -0.1) is 11.3 Å². The highest BCUT2D eigenvalue weighted by atomic mass is 32.1. The number of carbonyl (C=O) groups excluding carboxylic acids is 1. The molecule has 0 spiro atoms. The number of benzene rings is 1. The van der Waals surface area contributed by atoms with Crippen LogP contribution in [0.15, 0.2) is 66.2 Å². The third-order valence-electron chi connectivity index (χ3n) is 3.89. The van der Waals surface area contributed by atoms with Gasteiger partial charge < -0.3 is 10.2 Å². The first-order valence-corrected chi connectivity index (χ1v) is 9.19. The molecule has 128 valence electrons. The molecule has 3 rings (SSSR count). The van der Waals surface area contributed by atoms with E-state index in [1.807, 2.05) is 54.0 Å². The summed E-state index contributed by atoms with van der Waals surface area (Å²) in [7, 11) is 0. The van der Waals surface area contributed by atoms with Crippen LogP contribution in [0.25, 0.3) is 0 Å². The Morgan fingerprint density at radius 1 is 1.12 bits per heavy atom. The molecule has 5 heteroatoms. The summed E-state index contributed by atoms with van der Waals surface area (Å²) in [6.45, 7) is 3.85. The average Bonchev–Trinajstić information content (AvgIpc) is 3.14. The zero-order valence-corrected chi connectivity index (χ0v) is 15.0. The second kappa shape index (κ2) is 8.44. The molecule has 0 unspecified atom stereocenters. The molecule has 1 amide bonds. The number of pyridine rings is 1. The minimum Gasteiger partial charge on any atom is -0.366 e. The molecule has 0 atom stereocenters. The minimum absolute atomic E-state index is 0.0423. The van der Waals surface area contributed by atoms with Crippen molar-refractivity contribution in [3.8, 4) is 0 Å². The summed E-state index contributed by atoms with van der Waals surface area (Å²) in [5, 5.41) is 4.83. The molecule has 0 bridgehead atoms. The Kier molecular flexibility index (Phi) is 5.80. The van der Waals surface area contributed by atoms with Crippen LogP contribution in [0.1, 0.15) is 17.4 Å². The summed E-state index contributed by atoms with van der Waals surface area (Å²) in [5.41, 5.74) is 2.31. The molecular weight excluding hydrogens is 330 g/mol. The standard InChI is InChI=1S/C20H21N3OS/c1-2-23(15-16-7-4-3-5-8-16)17-10-11-19(21-14-17)22-20(24)13-18-9-6-12-25-18/h3-12,14H,2,13,15H2,1H3,(H,21,22,24). The topological polar surface area (TPSA) is 45.2 Å². The maximum Gasteiger partial charge on any atom is 0.230 e. The van der Waals surface area contributed by atoms with Gasteiger partial charge in [0.25, 0.3) is 0 Å². The molecule has 2 aromatic heterocycles. The smallest absolute Gasteiger partial charge is 0.230 e. The number of hydrogen-bond acceptors (Lipinski definition) is 4. The van der Waals surface area contributed by atoms with Crippen molar-refractivity contribution in [3.63, 3.8) is 0 Å². The van der Waals surface area contributed by atoms with Crippen LogP contribution in [-0.4, -0.2) is 17.4 Å². The van der Waals surface area contributed by atoms with Gasteiger partial charge in [-0.25, -0.2) is 4.98 Å². The van der Waals surface area contributed by atoms with Crippen molar-refractivity contribution in [1.82, 2.24) is 4.98 Å². The Morgan fingerprint density at radius 2 is 1.96 bits per heavy atom. The number of hydrogen-bond donors (Lipinski definition) is 1. The maximum absolute atomic E-state index is 12.0. The molecule has 1 aromatic carbocycles. The molecule has 25 heavy (non-hydrogen) atoms. The van der Waals surface area contributed by atoms with Gasteiger partial charge in [0.1, 0.15) is 5.82 Å². The van der Waals surface area contributed by atoms with Gasteiger partial charge in [-0.05, 0) is 36.1 Å². The molecule has 0 fully saturated rings. The van der Waals surface area contributed by atoms with E-state index >= 15 is 0 Å². The lowest BCUT2D eigenvalue weighted by molar-refractivity contribution is -0.115. The Hall–Kier alpha value is -2.66. The first kappa shape index (κ1) is 17.2. The molecular formula is C20H21N3OS. The largest absolute Gasteiger partial charge is 0.366 e. The van der Waals surface area contributed by atoms with Gasteiger partial charge >= 0.3 is 0 Å². The lowest BCUT2D eigenvalue weighted by Gasteiger charge is -2.23. The molecule has 1 N–H and O–H groups in total. The van der Waals surface area contributed by atoms with Crippen LogP contribution in [0.3, 0.4) is 0 Å². The van der Waals surface area contributed by atoms with Crippen molar-refractivity contribution in [2.75, 3.05) is 16.8 Å². The second-order valence-electron chi connectivity index (χ2n) is 5.71. The number of anilines is 2. The van der Waals surface area contributed by atoms with Gasteiger partial charge in [0, 0.05) is 18.0 Å². The first-order chi connectivity index (χ1) is 12.2. The number of aromatic nitrogens is 1. The SMILES string of the molecule is CCN(Cc1ccccc1)c1ccc(NC(=O)Cc2cccs2)nc1. The Bertz CT molecular complexity index is 786. The molecule has 2 heterocycles. The van der Waals surface area contributed by atoms with Gasteiger partial charge in [-0.2, -0.15) is 0 Å². The van der Waals surface area contributed by atoms with E-state index in [2.05, 4.69) is 34.3 Å².